The van der Waals surface area contributed by atoms with Crippen molar-refractivity contribution in [2.75, 3.05) is 45.1 Å². The lowest BCUT2D eigenvalue weighted by Crippen LogP contribution is -2.47. The van der Waals surface area contributed by atoms with Gasteiger partial charge in [0.05, 0.1) is 28.8 Å². The highest BCUT2D eigenvalue weighted by molar-refractivity contribution is 7.22. The number of halogens is 2. The maximum Gasteiger partial charge on any atom is 0.142 e. The van der Waals surface area contributed by atoms with Crippen molar-refractivity contribution in [3.05, 3.63) is 82.6 Å². The Morgan fingerprint density at radius 1 is 1.09 bits per heavy atom. The van der Waals surface area contributed by atoms with Gasteiger partial charge in [0.1, 0.15) is 35.1 Å². The number of nitrogens with one attached hydrogen (secondary N) is 1. The van der Waals surface area contributed by atoms with Gasteiger partial charge in [0.2, 0.25) is 0 Å². The molecule has 1 fully saturated rings. The molecule has 3 aromatic heterocycles. The molecule has 0 spiro atoms. The maximum absolute atomic E-state index is 13.5. The molecule has 5 aromatic rings. The number of aliphatic hydroxyl groups is 1. The molecule has 1 aliphatic carbocycles. The minimum atomic E-state index is -0.478. The van der Waals surface area contributed by atoms with Crippen LogP contribution in [-0.4, -0.2) is 80.5 Å². The van der Waals surface area contributed by atoms with Crippen molar-refractivity contribution >= 4 is 44.7 Å². The monoisotopic (exact) mass is 633 g/mol. The number of β-amino-alcohol motifs (C(OH)–C–C–N with tert-alkyl or cyclic N) is 1. The zero-order valence-corrected chi connectivity index (χ0v) is 25.9. The van der Waals surface area contributed by atoms with E-state index in [1.165, 1.54) is 17.7 Å². The van der Waals surface area contributed by atoms with E-state index in [1.807, 2.05) is 16.8 Å². The zero-order chi connectivity index (χ0) is 30.2. The zero-order valence-electron chi connectivity index (χ0n) is 24.3. The summed E-state index contributed by atoms with van der Waals surface area (Å²) in [7, 11) is 2.14. The van der Waals surface area contributed by atoms with Gasteiger partial charge in [-0.05, 0) is 61.3 Å². The fraction of sp³-hybridized carbons (Fsp3) is 0.344. The Bertz CT molecular complexity index is 1800. The number of benzene rings is 2. The molecule has 1 aliphatic heterocycles. The lowest BCUT2D eigenvalue weighted by molar-refractivity contribution is 0.0689. The SMILES string of the molecule is CN1CCN(CC(O)Cn2cc3c(n2)CCc2c-3sc3ncnc(Nc4ccc(OCc5cccc(F)c5)c(Cl)c4)c23)CC1. The van der Waals surface area contributed by atoms with Crippen molar-refractivity contribution in [2.45, 2.75) is 32.1 Å². The fourth-order valence-corrected chi connectivity index (χ4v) is 7.39. The van der Waals surface area contributed by atoms with Gasteiger partial charge in [-0.15, -0.1) is 11.3 Å². The summed E-state index contributed by atoms with van der Waals surface area (Å²) in [6.07, 6.45) is 4.81. The number of aromatic nitrogens is 4. The van der Waals surface area contributed by atoms with Crippen LogP contribution in [0.4, 0.5) is 15.9 Å². The highest BCUT2D eigenvalue weighted by Gasteiger charge is 2.27. The number of rotatable bonds is 9. The lowest BCUT2D eigenvalue weighted by atomic mass is 9.95. The predicted molar refractivity (Wildman–Crippen MR) is 171 cm³/mol. The van der Waals surface area contributed by atoms with Gasteiger partial charge in [-0.2, -0.15) is 5.10 Å². The van der Waals surface area contributed by atoms with Crippen LogP contribution in [-0.2, 0) is 26.0 Å². The molecule has 12 heteroatoms. The van der Waals surface area contributed by atoms with Gasteiger partial charge in [0.25, 0.3) is 0 Å². The maximum atomic E-state index is 13.5. The number of thiophene rings is 1. The average Bonchev–Trinajstić information content (AvgIpc) is 3.59. The van der Waals surface area contributed by atoms with Crippen LogP contribution < -0.4 is 10.1 Å². The van der Waals surface area contributed by atoms with E-state index in [1.54, 1.807) is 35.9 Å². The Morgan fingerprint density at radius 3 is 2.77 bits per heavy atom. The number of nitrogens with zero attached hydrogens (tertiary/aromatic N) is 6. The van der Waals surface area contributed by atoms with E-state index in [9.17, 15) is 9.50 Å². The Labute approximate surface area is 263 Å². The number of fused-ring (bicyclic) bond motifs is 5. The largest absolute Gasteiger partial charge is 0.487 e. The fourth-order valence-electron chi connectivity index (χ4n) is 5.94. The number of hydrogen-bond acceptors (Lipinski definition) is 9. The number of anilines is 2. The van der Waals surface area contributed by atoms with E-state index < -0.39 is 6.10 Å². The molecule has 0 saturated carbocycles. The highest BCUT2D eigenvalue weighted by Crippen LogP contribution is 2.45. The van der Waals surface area contributed by atoms with Crippen LogP contribution in [0.3, 0.4) is 0 Å². The topological polar surface area (TPSA) is 91.6 Å². The molecule has 2 aliphatic rings. The minimum Gasteiger partial charge on any atom is -0.487 e. The van der Waals surface area contributed by atoms with Crippen LogP contribution in [0, 0.1) is 5.82 Å². The molecule has 44 heavy (non-hydrogen) atoms. The van der Waals surface area contributed by atoms with Gasteiger partial charge in [-0.25, -0.2) is 14.4 Å². The molecule has 228 valence electrons. The third-order valence-corrected chi connectivity index (χ3v) is 9.69. The summed E-state index contributed by atoms with van der Waals surface area (Å²) in [5, 5.41) is 20.6. The van der Waals surface area contributed by atoms with Gasteiger partial charge in [-0.3, -0.25) is 9.58 Å². The van der Waals surface area contributed by atoms with Crippen molar-refractivity contribution in [1.82, 2.24) is 29.5 Å². The quantitative estimate of drug-likeness (QED) is 0.224. The summed E-state index contributed by atoms with van der Waals surface area (Å²) in [5.41, 5.74) is 4.86. The van der Waals surface area contributed by atoms with Crippen molar-refractivity contribution < 1.29 is 14.2 Å². The van der Waals surface area contributed by atoms with Crippen LogP contribution in [0.2, 0.25) is 5.02 Å². The van der Waals surface area contributed by atoms with Gasteiger partial charge in [0.15, 0.2) is 0 Å². The Balaban J connectivity index is 1.07. The second-order valence-corrected chi connectivity index (χ2v) is 12.9. The molecule has 4 heterocycles. The molecule has 2 aromatic carbocycles. The second-order valence-electron chi connectivity index (χ2n) is 11.5. The van der Waals surface area contributed by atoms with Gasteiger partial charge in [0, 0.05) is 55.0 Å². The number of hydrogen-bond donors (Lipinski definition) is 2. The second kappa shape index (κ2) is 12.4. The molecule has 0 bridgehead atoms. The lowest BCUT2D eigenvalue weighted by Gasteiger charge is -2.33. The smallest absolute Gasteiger partial charge is 0.142 e. The first-order valence-electron chi connectivity index (χ1n) is 14.8. The number of ether oxygens (including phenoxy) is 1. The normalized spacial score (nSPS) is 16.1. The molecule has 7 rings (SSSR count). The Morgan fingerprint density at radius 2 is 1.95 bits per heavy atom. The standard InChI is InChI=1S/C32H33ClFN7O2S/c1-39-9-11-40(12-10-39)15-23(42)16-41-17-25-27(38-41)7-6-24-29-31(35-19-36-32(29)44-30(24)25)37-22-5-8-28(26(33)14-22)43-18-20-3-2-4-21(34)13-20/h2-5,8,13-14,17,19,23,42H,6-7,9-12,15-16,18H2,1H3,(H,35,36,37). The molecule has 1 saturated heterocycles. The van der Waals surface area contributed by atoms with Gasteiger partial charge < -0.3 is 20.1 Å². The Kier molecular flexibility index (Phi) is 8.21. The number of likely N-dealkylation sites (N-methyl/N-ethyl adjacent to an activating group) is 1. The summed E-state index contributed by atoms with van der Waals surface area (Å²) in [4.78, 5) is 15.9. The molecular formula is C32H33ClFN7O2S. The van der Waals surface area contributed by atoms with E-state index in [0.29, 0.717) is 23.9 Å². The molecular weight excluding hydrogens is 601 g/mol. The summed E-state index contributed by atoms with van der Waals surface area (Å²) < 4.78 is 21.2. The third-order valence-electron chi connectivity index (χ3n) is 8.22. The summed E-state index contributed by atoms with van der Waals surface area (Å²) in [5.74, 6) is 0.931. The first-order valence-corrected chi connectivity index (χ1v) is 15.9. The van der Waals surface area contributed by atoms with Crippen LogP contribution in [0.5, 0.6) is 5.75 Å². The highest BCUT2D eigenvalue weighted by atomic mass is 35.5. The van der Waals surface area contributed by atoms with Gasteiger partial charge in [-0.1, -0.05) is 23.7 Å². The Hall–Kier alpha value is -3.61. The molecule has 1 atom stereocenters. The van der Waals surface area contributed by atoms with Crippen LogP contribution in [0.25, 0.3) is 20.7 Å². The molecule has 0 amide bonds. The van der Waals surface area contributed by atoms with E-state index in [4.69, 9.17) is 21.4 Å². The summed E-state index contributed by atoms with van der Waals surface area (Å²) in [6.45, 7) is 5.35. The first kappa shape index (κ1) is 29.1. The van der Waals surface area contributed by atoms with E-state index in [0.717, 1.165) is 82.4 Å². The van der Waals surface area contributed by atoms with E-state index >= 15 is 0 Å². The van der Waals surface area contributed by atoms with Crippen molar-refractivity contribution in [2.24, 2.45) is 0 Å². The first-order chi connectivity index (χ1) is 21.4. The molecule has 9 nitrogen and oxygen atoms in total. The predicted octanol–water partition coefficient (Wildman–Crippen LogP) is 5.38. The van der Waals surface area contributed by atoms with Crippen molar-refractivity contribution in [3.63, 3.8) is 0 Å². The number of piperazine rings is 1. The van der Waals surface area contributed by atoms with Crippen LogP contribution in [0.15, 0.2) is 55.0 Å². The third kappa shape index (κ3) is 6.15. The number of aliphatic hydroxyl groups excluding tert-OH is 1. The average molecular weight is 634 g/mol. The molecule has 0 radical (unpaired) electrons. The van der Waals surface area contributed by atoms with Crippen molar-refractivity contribution in [3.8, 4) is 16.2 Å². The van der Waals surface area contributed by atoms with Crippen molar-refractivity contribution in [1.29, 1.82) is 0 Å². The van der Waals surface area contributed by atoms with Gasteiger partial charge >= 0.3 is 0 Å². The van der Waals surface area contributed by atoms with E-state index in [-0.39, 0.29) is 12.4 Å². The molecule has 1 unspecified atom stereocenters. The summed E-state index contributed by atoms with van der Waals surface area (Å²) >= 11 is 8.21. The number of aryl methyl sites for hydroxylation is 2. The summed E-state index contributed by atoms with van der Waals surface area (Å²) in [6, 6.07) is 11.8. The molecule has 2 N–H and O–H groups in total. The minimum absolute atomic E-state index is 0.214. The van der Waals surface area contributed by atoms with Crippen LogP contribution >= 0.6 is 22.9 Å². The van der Waals surface area contributed by atoms with E-state index in [2.05, 4.69) is 38.3 Å². The van der Waals surface area contributed by atoms with Crippen LogP contribution in [0.1, 0.15) is 16.8 Å².